The van der Waals surface area contributed by atoms with Crippen molar-refractivity contribution in [3.05, 3.63) is 64.4 Å². The summed E-state index contributed by atoms with van der Waals surface area (Å²) < 4.78 is 0.936. The molecule has 0 bridgehead atoms. The number of nitrogens with zero attached hydrogens (tertiary/aromatic N) is 1. The highest BCUT2D eigenvalue weighted by molar-refractivity contribution is 9.10. The van der Waals surface area contributed by atoms with Gasteiger partial charge in [0.15, 0.2) is 0 Å². The summed E-state index contributed by atoms with van der Waals surface area (Å²) in [5.74, 6) is 0.208. The molecule has 0 atom stereocenters. The largest absolute Gasteiger partial charge is 0.507 e. The Bertz CT molecular complexity index is 508. The van der Waals surface area contributed by atoms with Crippen LogP contribution >= 0.6 is 15.9 Å². The number of hydrogen-bond donors (Lipinski definition) is 1. The third kappa shape index (κ3) is 2.70. The lowest BCUT2D eigenvalue weighted by atomic mass is 10.1. The van der Waals surface area contributed by atoms with Gasteiger partial charge in [0.05, 0.1) is 5.69 Å². The minimum atomic E-state index is 0.208. The number of pyridine rings is 1. The van der Waals surface area contributed by atoms with E-state index in [2.05, 4.69) is 20.9 Å². The lowest BCUT2D eigenvalue weighted by Crippen LogP contribution is -1.84. The minimum absolute atomic E-state index is 0.208. The number of aliphatic hydroxyl groups excluding tert-OH is 1. The lowest BCUT2D eigenvalue weighted by Gasteiger charge is -2.00. The Labute approximate surface area is 102 Å². The van der Waals surface area contributed by atoms with Crippen molar-refractivity contribution < 1.29 is 5.11 Å². The van der Waals surface area contributed by atoms with E-state index in [1.54, 1.807) is 12.3 Å². The summed E-state index contributed by atoms with van der Waals surface area (Å²) in [7, 11) is 0. The molecule has 2 nitrogen and oxygen atoms in total. The van der Waals surface area contributed by atoms with E-state index in [0.717, 1.165) is 15.7 Å². The normalized spacial score (nSPS) is 11.4. The van der Waals surface area contributed by atoms with Gasteiger partial charge in [-0.2, -0.15) is 0 Å². The van der Waals surface area contributed by atoms with Crippen molar-refractivity contribution in [2.45, 2.75) is 0 Å². The molecule has 1 aromatic carbocycles. The monoisotopic (exact) mass is 275 g/mol. The highest BCUT2D eigenvalue weighted by atomic mass is 79.9. The SMILES string of the molecule is O/C(=C/c1ccccn1)c1cccc(Br)c1. The minimum Gasteiger partial charge on any atom is -0.507 e. The van der Waals surface area contributed by atoms with Gasteiger partial charge in [0.1, 0.15) is 5.76 Å². The molecule has 16 heavy (non-hydrogen) atoms. The Morgan fingerprint density at radius 2 is 2.06 bits per heavy atom. The van der Waals surface area contributed by atoms with Crippen LogP contribution in [0.4, 0.5) is 0 Å². The van der Waals surface area contributed by atoms with Crippen molar-refractivity contribution in [1.29, 1.82) is 0 Å². The van der Waals surface area contributed by atoms with Crippen molar-refractivity contribution in [3.8, 4) is 0 Å². The number of aliphatic hydroxyl groups is 1. The van der Waals surface area contributed by atoms with Crippen LogP contribution in [0.1, 0.15) is 11.3 Å². The zero-order valence-corrected chi connectivity index (χ0v) is 10.1. The van der Waals surface area contributed by atoms with Crippen LogP contribution in [0.3, 0.4) is 0 Å². The molecule has 0 saturated heterocycles. The molecular formula is C13H10BrNO. The summed E-state index contributed by atoms with van der Waals surface area (Å²) in [5, 5.41) is 9.90. The molecule has 0 saturated carbocycles. The third-order valence-corrected chi connectivity index (χ3v) is 2.59. The quantitative estimate of drug-likeness (QED) is 0.844. The molecule has 80 valence electrons. The van der Waals surface area contributed by atoms with Crippen LogP contribution < -0.4 is 0 Å². The second-order valence-corrected chi connectivity index (χ2v) is 4.21. The summed E-state index contributed by atoms with van der Waals surface area (Å²) in [4.78, 5) is 4.12. The van der Waals surface area contributed by atoms with E-state index in [9.17, 15) is 5.11 Å². The predicted octanol–water partition coefficient (Wildman–Crippen LogP) is 3.90. The molecule has 1 N–H and O–H groups in total. The fourth-order valence-corrected chi connectivity index (χ4v) is 1.73. The van der Waals surface area contributed by atoms with Gasteiger partial charge >= 0.3 is 0 Å². The molecule has 3 heteroatoms. The van der Waals surface area contributed by atoms with Crippen LogP contribution in [-0.4, -0.2) is 10.1 Å². The van der Waals surface area contributed by atoms with Crippen molar-refractivity contribution in [2.24, 2.45) is 0 Å². The Hall–Kier alpha value is -1.61. The zero-order chi connectivity index (χ0) is 11.4. The van der Waals surface area contributed by atoms with Gasteiger partial charge in [0, 0.05) is 22.3 Å². The van der Waals surface area contributed by atoms with E-state index >= 15 is 0 Å². The maximum atomic E-state index is 9.90. The molecule has 0 unspecified atom stereocenters. The van der Waals surface area contributed by atoms with Gasteiger partial charge in [0.25, 0.3) is 0 Å². The van der Waals surface area contributed by atoms with Crippen LogP contribution in [-0.2, 0) is 0 Å². The molecule has 1 heterocycles. The van der Waals surface area contributed by atoms with Gasteiger partial charge in [-0.1, -0.05) is 34.1 Å². The smallest absolute Gasteiger partial charge is 0.124 e. The van der Waals surface area contributed by atoms with E-state index < -0.39 is 0 Å². The topological polar surface area (TPSA) is 33.1 Å². The first kappa shape index (κ1) is 10.9. The van der Waals surface area contributed by atoms with E-state index in [4.69, 9.17) is 0 Å². The Kier molecular flexibility index (Phi) is 3.37. The number of rotatable bonds is 2. The van der Waals surface area contributed by atoms with Crippen LogP contribution in [0.25, 0.3) is 11.8 Å². The molecule has 0 radical (unpaired) electrons. The molecule has 2 aromatic rings. The molecule has 0 fully saturated rings. The highest BCUT2D eigenvalue weighted by Gasteiger charge is 1.99. The summed E-state index contributed by atoms with van der Waals surface area (Å²) in [5.41, 5.74) is 1.50. The first-order valence-corrected chi connectivity index (χ1v) is 5.62. The number of halogens is 1. The lowest BCUT2D eigenvalue weighted by molar-refractivity contribution is 0.515. The van der Waals surface area contributed by atoms with Gasteiger partial charge in [-0.3, -0.25) is 4.98 Å². The summed E-state index contributed by atoms with van der Waals surface area (Å²) in [6.45, 7) is 0. The first-order valence-electron chi connectivity index (χ1n) is 4.83. The van der Waals surface area contributed by atoms with Crippen molar-refractivity contribution in [2.75, 3.05) is 0 Å². The zero-order valence-electron chi connectivity index (χ0n) is 8.47. The Morgan fingerprint density at radius 1 is 1.19 bits per heavy atom. The van der Waals surface area contributed by atoms with Gasteiger partial charge in [-0.15, -0.1) is 0 Å². The molecule has 0 aliphatic rings. The molecule has 2 rings (SSSR count). The second-order valence-electron chi connectivity index (χ2n) is 3.29. The third-order valence-electron chi connectivity index (χ3n) is 2.09. The molecular weight excluding hydrogens is 266 g/mol. The van der Waals surface area contributed by atoms with Crippen LogP contribution in [0.5, 0.6) is 0 Å². The van der Waals surface area contributed by atoms with Crippen molar-refractivity contribution in [1.82, 2.24) is 4.98 Å². The van der Waals surface area contributed by atoms with E-state index in [1.807, 2.05) is 42.5 Å². The van der Waals surface area contributed by atoms with Gasteiger partial charge in [-0.25, -0.2) is 0 Å². The average Bonchev–Trinajstić information content (AvgIpc) is 2.30. The van der Waals surface area contributed by atoms with Crippen molar-refractivity contribution in [3.63, 3.8) is 0 Å². The first-order chi connectivity index (χ1) is 7.75. The summed E-state index contributed by atoms with van der Waals surface area (Å²) in [6, 6.07) is 13.1. The van der Waals surface area contributed by atoms with E-state index in [-0.39, 0.29) is 5.76 Å². The highest BCUT2D eigenvalue weighted by Crippen LogP contribution is 2.18. The number of hydrogen-bond acceptors (Lipinski definition) is 2. The summed E-state index contributed by atoms with van der Waals surface area (Å²) in [6.07, 6.45) is 3.34. The maximum absolute atomic E-state index is 9.90. The van der Waals surface area contributed by atoms with Crippen LogP contribution in [0.15, 0.2) is 53.1 Å². The Morgan fingerprint density at radius 3 is 2.75 bits per heavy atom. The van der Waals surface area contributed by atoms with Crippen LogP contribution in [0, 0.1) is 0 Å². The molecule has 0 amide bonds. The van der Waals surface area contributed by atoms with Crippen molar-refractivity contribution >= 4 is 27.8 Å². The Balaban J connectivity index is 2.32. The molecule has 1 aromatic heterocycles. The number of aromatic nitrogens is 1. The van der Waals surface area contributed by atoms with Gasteiger partial charge in [-0.05, 0) is 24.3 Å². The van der Waals surface area contributed by atoms with Gasteiger partial charge in [0.2, 0.25) is 0 Å². The summed E-state index contributed by atoms with van der Waals surface area (Å²) >= 11 is 3.36. The fourth-order valence-electron chi connectivity index (χ4n) is 1.33. The van der Waals surface area contributed by atoms with Gasteiger partial charge < -0.3 is 5.11 Å². The molecule has 0 aliphatic carbocycles. The van der Waals surface area contributed by atoms with E-state index in [0.29, 0.717) is 0 Å². The second kappa shape index (κ2) is 4.94. The molecule has 0 spiro atoms. The number of benzene rings is 1. The fraction of sp³-hybridized carbons (Fsp3) is 0. The predicted molar refractivity (Wildman–Crippen MR) is 68.9 cm³/mol. The maximum Gasteiger partial charge on any atom is 0.124 e. The standard InChI is InChI=1S/C13H10BrNO/c14-11-5-3-4-10(8-11)13(16)9-12-6-1-2-7-15-12/h1-9,16H/b13-9+. The average molecular weight is 276 g/mol. The van der Waals surface area contributed by atoms with Crippen LogP contribution in [0.2, 0.25) is 0 Å². The van der Waals surface area contributed by atoms with E-state index in [1.165, 1.54) is 0 Å². The molecule has 0 aliphatic heterocycles.